The van der Waals surface area contributed by atoms with Crippen LogP contribution in [0, 0.1) is 34.5 Å². The van der Waals surface area contributed by atoms with Crippen molar-refractivity contribution >= 4 is 11.6 Å². The third kappa shape index (κ3) is 2.04. The van der Waals surface area contributed by atoms with Gasteiger partial charge in [0.25, 0.3) is 0 Å². The van der Waals surface area contributed by atoms with Crippen molar-refractivity contribution in [3.8, 4) is 0 Å². The molecule has 0 unspecified atom stereocenters. The van der Waals surface area contributed by atoms with Crippen LogP contribution in [0.15, 0.2) is 0 Å². The minimum Gasteiger partial charge on any atom is -0.385 e. The van der Waals surface area contributed by atoms with Crippen LogP contribution in [0.2, 0.25) is 0 Å². The molecule has 0 aromatic rings. The Balaban J connectivity index is 1.66. The summed E-state index contributed by atoms with van der Waals surface area (Å²) in [6.45, 7) is 4.56. The molecular formula is C20H30O3. The maximum absolute atomic E-state index is 12.6. The minimum absolute atomic E-state index is 0.0550. The monoisotopic (exact) mass is 318 g/mol. The normalized spacial score (nSPS) is 53.3. The molecule has 0 aromatic carbocycles. The van der Waals surface area contributed by atoms with Gasteiger partial charge in [-0.15, -0.1) is 0 Å². The lowest BCUT2D eigenvalue weighted by Gasteiger charge is -2.61. The number of hydrogen-bond donors (Lipinski definition) is 1. The first-order valence-corrected chi connectivity index (χ1v) is 9.62. The first-order valence-electron chi connectivity index (χ1n) is 9.62. The van der Waals surface area contributed by atoms with Crippen LogP contribution < -0.4 is 0 Å². The van der Waals surface area contributed by atoms with E-state index in [0.717, 1.165) is 44.9 Å². The van der Waals surface area contributed by atoms with Gasteiger partial charge in [-0.2, -0.15) is 0 Å². The Morgan fingerprint density at radius 1 is 0.913 bits per heavy atom. The predicted molar refractivity (Wildman–Crippen MR) is 87.7 cm³/mol. The Bertz CT molecular complexity index is 541. The molecule has 0 radical (unpaired) electrons. The number of carbonyl (C=O) groups is 2. The zero-order chi connectivity index (χ0) is 16.4. The molecule has 4 aliphatic carbocycles. The van der Waals surface area contributed by atoms with E-state index in [1.165, 1.54) is 6.42 Å². The van der Waals surface area contributed by atoms with Crippen molar-refractivity contribution in [2.45, 2.75) is 77.7 Å². The fourth-order valence-corrected chi connectivity index (χ4v) is 7.11. The average molecular weight is 318 g/mol. The lowest BCUT2D eigenvalue weighted by atomic mass is 9.42. The van der Waals surface area contributed by atoms with E-state index in [1.807, 2.05) is 0 Å². The molecule has 4 fully saturated rings. The van der Waals surface area contributed by atoms with E-state index < -0.39 is 6.10 Å². The maximum atomic E-state index is 12.6. The number of aliphatic hydroxyl groups is 1. The highest BCUT2D eigenvalue weighted by atomic mass is 16.3. The molecule has 7 atom stereocenters. The lowest BCUT2D eigenvalue weighted by molar-refractivity contribution is -0.170. The second-order valence-electron chi connectivity index (χ2n) is 9.25. The lowest BCUT2D eigenvalue weighted by Crippen LogP contribution is -2.59. The van der Waals surface area contributed by atoms with Crippen LogP contribution in [0.1, 0.15) is 71.6 Å². The zero-order valence-electron chi connectivity index (χ0n) is 14.5. The average Bonchev–Trinajstić information content (AvgIpc) is 2.52. The molecular weight excluding hydrogens is 288 g/mol. The quantitative estimate of drug-likeness (QED) is 0.743. The number of fused-ring (bicyclic) bond motifs is 5. The van der Waals surface area contributed by atoms with Gasteiger partial charge in [0.05, 0.1) is 0 Å². The molecule has 0 saturated heterocycles. The van der Waals surface area contributed by atoms with Gasteiger partial charge < -0.3 is 5.11 Å². The summed E-state index contributed by atoms with van der Waals surface area (Å²) in [5.41, 5.74) is 0.00375. The fourth-order valence-electron chi connectivity index (χ4n) is 7.11. The number of ketones is 2. The van der Waals surface area contributed by atoms with Crippen molar-refractivity contribution in [1.82, 2.24) is 0 Å². The van der Waals surface area contributed by atoms with Gasteiger partial charge in [-0.05, 0) is 74.0 Å². The van der Waals surface area contributed by atoms with E-state index in [9.17, 15) is 14.7 Å². The number of carbonyl (C=O) groups excluding carboxylic acids is 2. The summed E-state index contributed by atoms with van der Waals surface area (Å²) in [5.74, 6) is 2.45. The largest absolute Gasteiger partial charge is 0.385 e. The Hall–Kier alpha value is -0.700. The van der Waals surface area contributed by atoms with Crippen LogP contribution in [-0.2, 0) is 9.59 Å². The van der Waals surface area contributed by atoms with Gasteiger partial charge in [0, 0.05) is 18.3 Å². The Labute approximate surface area is 139 Å². The molecule has 0 heterocycles. The van der Waals surface area contributed by atoms with Crippen molar-refractivity contribution in [2.24, 2.45) is 34.5 Å². The van der Waals surface area contributed by atoms with E-state index in [-0.39, 0.29) is 22.5 Å². The number of Topliss-reactive ketones (excluding diaryl/α,β-unsaturated/α-hetero) is 2. The predicted octanol–water partition coefficient (Wildman–Crippen LogP) is 3.53. The number of rotatable bonds is 0. The Morgan fingerprint density at radius 3 is 2.48 bits per heavy atom. The van der Waals surface area contributed by atoms with Crippen LogP contribution in [-0.4, -0.2) is 22.8 Å². The molecule has 0 spiro atoms. The van der Waals surface area contributed by atoms with E-state index >= 15 is 0 Å². The van der Waals surface area contributed by atoms with Gasteiger partial charge in [-0.1, -0.05) is 13.8 Å². The molecule has 23 heavy (non-hydrogen) atoms. The van der Waals surface area contributed by atoms with Crippen LogP contribution in [0.25, 0.3) is 0 Å². The third-order valence-electron chi connectivity index (χ3n) is 8.51. The van der Waals surface area contributed by atoms with Crippen LogP contribution >= 0.6 is 0 Å². The fraction of sp³-hybridized carbons (Fsp3) is 0.900. The maximum Gasteiger partial charge on any atom is 0.161 e. The number of hydrogen-bond acceptors (Lipinski definition) is 3. The second-order valence-corrected chi connectivity index (χ2v) is 9.25. The smallest absolute Gasteiger partial charge is 0.161 e. The highest BCUT2D eigenvalue weighted by Gasteiger charge is 2.60. The highest BCUT2D eigenvalue weighted by Crippen LogP contribution is 2.64. The summed E-state index contributed by atoms with van der Waals surface area (Å²) in [6, 6.07) is 0. The van der Waals surface area contributed by atoms with E-state index in [4.69, 9.17) is 0 Å². The Morgan fingerprint density at radius 2 is 1.70 bits per heavy atom. The topological polar surface area (TPSA) is 54.4 Å². The molecule has 0 aromatic heterocycles. The van der Waals surface area contributed by atoms with Gasteiger partial charge in [0.1, 0.15) is 11.9 Å². The summed E-state index contributed by atoms with van der Waals surface area (Å²) in [5, 5.41) is 10.4. The van der Waals surface area contributed by atoms with E-state index in [0.29, 0.717) is 30.0 Å². The van der Waals surface area contributed by atoms with Crippen molar-refractivity contribution in [3.63, 3.8) is 0 Å². The van der Waals surface area contributed by atoms with Crippen LogP contribution in [0.4, 0.5) is 0 Å². The minimum atomic E-state index is -0.740. The van der Waals surface area contributed by atoms with Crippen LogP contribution in [0.3, 0.4) is 0 Å². The molecule has 0 bridgehead atoms. The zero-order valence-corrected chi connectivity index (χ0v) is 14.5. The summed E-state index contributed by atoms with van der Waals surface area (Å²) >= 11 is 0. The van der Waals surface area contributed by atoms with Crippen molar-refractivity contribution in [2.75, 3.05) is 0 Å². The van der Waals surface area contributed by atoms with Gasteiger partial charge in [-0.3, -0.25) is 9.59 Å². The standard InChI is InChI=1S/C20H30O3/c1-19-11-9-16(21)18(23)15(19)7-6-12-13-4-3-5-17(22)20(13,2)10-8-14(12)19/h12-15,18,23H,3-11H2,1-2H3/t12-,13-,14-,15-,18-,19-,20+/m0/s1. The molecule has 4 rings (SSSR count). The van der Waals surface area contributed by atoms with Crippen molar-refractivity contribution in [1.29, 1.82) is 0 Å². The molecule has 128 valence electrons. The molecule has 4 saturated carbocycles. The molecule has 3 heteroatoms. The third-order valence-corrected chi connectivity index (χ3v) is 8.51. The van der Waals surface area contributed by atoms with Crippen LogP contribution in [0.5, 0.6) is 0 Å². The van der Waals surface area contributed by atoms with Gasteiger partial charge in [0.2, 0.25) is 0 Å². The number of aliphatic hydroxyl groups excluding tert-OH is 1. The van der Waals surface area contributed by atoms with Gasteiger partial charge in [0.15, 0.2) is 5.78 Å². The summed E-state index contributed by atoms with van der Waals surface area (Å²) in [7, 11) is 0. The molecule has 4 aliphatic rings. The van der Waals surface area contributed by atoms with Gasteiger partial charge >= 0.3 is 0 Å². The summed E-state index contributed by atoms with van der Waals surface area (Å²) in [4.78, 5) is 24.6. The SMILES string of the molecule is C[C@@]12CCC(=O)[C@@H](O)[C@@H]1CC[C@@H]1[C@@H]2CC[C@@]2(C)C(=O)CCC[C@@H]12. The van der Waals surface area contributed by atoms with E-state index in [2.05, 4.69) is 13.8 Å². The molecule has 0 aliphatic heterocycles. The molecule has 1 N–H and O–H groups in total. The summed E-state index contributed by atoms with van der Waals surface area (Å²) in [6.07, 6.45) is 7.96. The summed E-state index contributed by atoms with van der Waals surface area (Å²) < 4.78 is 0. The first-order chi connectivity index (χ1) is 10.9. The van der Waals surface area contributed by atoms with Gasteiger partial charge in [-0.25, -0.2) is 0 Å². The highest BCUT2D eigenvalue weighted by molar-refractivity contribution is 5.86. The van der Waals surface area contributed by atoms with Crippen molar-refractivity contribution < 1.29 is 14.7 Å². The second kappa shape index (κ2) is 5.15. The first kappa shape index (κ1) is 15.8. The molecule has 3 nitrogen and oxygen atoms in total. The van der Waals surface area contributed by atoms with Crippen molar-refractivity contribution in [3.05, 3.63) is 0 Å². The van der Waals surface area contributed by atoms with E-state index in [1.54, 1.807) is 0 Å². The Kier molecular flexibility index (Phi) is 3.54. The molecule has 0 amide bonds.